The fourth-order valence-electron chi connectivity index (χ4n) is 3.30. The third-order valence-corrected chi connectivity index (χ3v) is 5.78. The van der Waals surface area contributed by atoms with Crippen molar-refractivity contribution in [3.05, 3.63) is 75.0 Å². The van der Waals surface area contributed by atoms with Crippen molar-refractivity contribution in [2.24, 2.45) is 0 Å². The Morgan fingerprint density at radius 1 is 1.30 bits per heavy atom. The second kappa shape index (κ2) is 7.66. The normalized spacial score (nSPS) is 15.7. The van der Waals surface area contributed by atoms with Crippen LogP contribution < -0.4 is 5.32 Å². The number of carbonyl (C=O) groups excluding carboxylic acids is 1. The molecule has 0 bridgehead atoms. The number of nitrogens with zero attached hydrogens (tertiary/aromatic N) is 1. The zero-order valence-corrected chi connectivity index (χ0v) is 16.9. The van der Waals surface area contributed by atoms with Gasteiger partial charge < -0.3 is 5.32 Å². The maximum Gasteiger partial charge on any atom is 0.251 e. The molecule has 138 valence electrons. The number of nitrogens with one attached hydrogen (secondary N) is 1. The molecule has 2 aromatic carbocycles. The summed E-state index contributed by atoms with van der Waals surface area (Å²) in [5, 5.41) is 12.9. The molecule has 0 saturated heterocycles. The van der Waals surface area contributed by atoms with Crippen molar-refractivity contribution < 1.29 is 9.18 Å². The quantitative estimate of drug-likeness (QED) is 0.706. The Balaban J connectivity index is 1.96. The highest BCUT2D eigenvalue weighted by molar-refractivity contribution is 9.10. The van der Waals surface area contributed by atoms with E-state index in [0.29, 0.717) is 23.7 Å². The highest BCUT2D eigenvalue weighted by atomic mass is 79.9. The molecule has 0 radical (unpaired) electrons. The Labute approximate surface area is 167 Å². The van der Waals surface area contributed by atoms with Crippen LogP contribution in [0.3, 0.4) is 0 Å². The lowest BCUT2D eigenvalue weighted by molar-refractivity contribution is -0.112. The molecule has 1 N–H and O–H groups in total. The van der Waals surface area contributed by atoms with Gasteiger partial charge in [0.05, 0.1) is 11.5 Å². The predicted octanol–water partition coefficient (Wildman–Crippen LogP) is 5.44. The smallest absolute Gasteiger partial charge is 0.251 e. The van der Waals surface area contributed by atoms with Crippen LogP contribution in [0.5, 0.6) is 0 Å². The largest absolute Gasteiger partial charge is 0.322 e. The van der Waals surface area contributed by atoms with Gasteiger partial charge in [0, 0.05) is 15.7 Å². The Kier molecular flexibility index (Phi) is 5.48. The highest BCUT2D eigenvalue weighted by Crippen LogP contribution is 2.34. The van der Waals surface area contributed by atoms with E-state index in [1.165, 1.54) is 12.1 Å². The van der Waals surface area contributed by atoms with Crippen LogP contribution in [0.2, 0.25) is 0 Å². The lowest BCUT2D eigenvalue weighted by atomic mass is 9.78. The Hall–Kier alpha value is -2.45. The first-order valence-corrected chi connectivity index (χ1v) is 9.64. The van der Waals surface area contributed by atoms with Gasteiger partial charge in [0.1, 0.15) is 5.82 Å². The second-order valence-electron chi connectivity index (χ2n) is 6.97. The molecule has 1 aliphatic rings. The molecule has 3 nitrogen and oxygen atoms in total. The average molecular weight is 427 g/mol. The number of fused-ring (bicyclic) bond motifs is 1. The third kappa shape index (κ3) is 3.96. The molecule has 0 aliphatic carbocycles. The van der Waals surface area contributed by atoms with Gasteiger partial charge in [-0.25, -0.2) is 4.39 Å². The van der Waals surface area contributed by atoms with Crippen molar-refractivity contribution in [1.82, 2.24) is 0 Å². The molecular weight excluding hydrogens is 407 g/mol. The van der Waals surface area contributed by atoms with E-state index in [1.54, 1.807) is 6.07 Å². The summed E-state index contributed by atoms with van der Waals surface area (Å²) < 4.78 is 14.0. The molecular formula is C22H20BrFN2O. The molecule has 1 atom stereocenters. The van der Waals surface area contributed by atoms with Crippen LogP contribution in [0.25, 0.3) is 0 Å². The van der Waals surface area contributed by atoms with Crippen LogP contribution in [0.1, 0.15) is 37.0 Å². The van der Waals surface area contributed by atoms with Gasteiger partial charge in [0.2, 0.25) is 0 Å². The van der Waals surface area contributed by atoms with Gasteiger partial charge in [0.15, 0.2) is 0 Å². The molecule has 3 rings (SSSR count). The van der Waals surface area contributed by atoms with E-state index in [-0.39, 0.29) is 11.7 Å². The van der Waals surface area contributed by atoms with Crippen molar-refractivity contribution in [3.63, 3.8) is 0 Å². The number of hydrogen-bond acceptors (Lipinski definition) is 2. The first-order chi connectivity index (χ1) is 12.9. The van der Waals surface area contributed by atoms with E-state index >= 15 is 0 Å². The molecule has 2 aromatic rings. The molecule has 27 heavy (non-hydrogen) atoms. The summed E-state index contributed by atoms with van der Waals surface area (Å²) in [5.41, 5.74) is 3.41. The predicted molar refractivity (Wildman–Crippen MR) is 108 cm³/mol. The highest BCUT2D eigenvalue weighted by Gasteiger charge is 2.29. The number of halogens is 2. The molecule has 0 saturated carbocycles. The van der Waals surface area contributed by atoms with Crippen LogP contribution in [0.15, 0.2) is 52.5 Å². The van der Waals surface area contributed by atoms with Crippen molar-refractivity contribution in [1.29, 1.82) is 5.26 Å². The molecule has 1 amide bonds. The standard InChI is InChI=1S/C22H20BrFN2O/c1-3-14-4-5-15-6-8-17(10-20(15)26-21(14)27)22(2,13-25)12-16-7-9-18(24)11-19(16)23/h4,6-11H,3,5,12H2,1-2H3,(H,26,27). The molecule has 0 fully saturated rings. The van der Waals surface area contributed by atoms with Crippen LogP contribution in [0, 0.1) is 17.1 Å². The number of benzene rings is 2. The summed E-state index contributed by atoms with van der Waals surface area (Å²) in [6.07, 6.45) is 3.75. The second-order valence-corrected chi connectivity index (χ2v) is 7.82. The maximum absolute atomic E-state index is 13.4. The van der Waals surface area contributed by atoms with Gasteiger partial charge in [-0.2, -0.15) is 5.26 Å². The van der Waals surface area contributed by atoms with E-state index in [1.807, 2.05) is 38.1 Å². The fraction of sp³-hybridized carbons (Fsp3) is 0.273. The van der Waals surface area contributed by atoms with E-state index in [9.17, 15) is 14.4 Å². The van der Waals surface area contributed by atoms with Crippen molar-refractivity contribution >= 4 is 27.5 Å². The zero-order valence-electron chi connectivity index (χ0n) is 15.3. The number of amides is 1. The van der Waals surface area contributed by atoms with E-state index < -0.39 is 5.41 Å². The number of anilines is 1. The number of rotatable bonds is 4. The maximum atomic E-state index is 13.4. The van der Waals surface area contributed by atoms with E-state index in [2.05, 4.69) is 27.3 Å². The summed E-state index contributed by atoms with van der Waals surface area (Å²) in [6, 6.07) is 12.7. The van der Waals surface area contributed by atoms with Crippen molar-refractivity contribution in [2.45, 2.75) is 38.5 Å². The topological polar surface area (TPSA) is 52.9 Å². The monoisotopic (exact) mass is 426 g/mol. The average Bonchev–Trinajstić information content (AvgIpc) is 2.81. The van der Waals surface area contributed by atoms with Crippen LogP contribution in [-0.4, -0.2) is 5.91 Å². The molecule has 1 unspecified atom stereocenters. The first kappa shape index (κ1) is 19.3. The molecule has 0 aromatic heterocycles. The summed E-state index contributed by atoms with van der Waals surface area (Å²) in [5.74, 6) is -0.412. The minimum absolute atomic E-state index is 0.0895. The Morgan fingerprint density at radius 3 is 2.74 bits per heavy atom. The summed E-state index contributed by atoms with van der Waals surface area (Å²) >= 11 is 3.38. The van der Waals surface area contributed by atoms with Gasteiger partial charge in [0.25, 0.3) is 5.91 Å². The van der Waals surface area contributed by atoms with Gasteiger partial charge in [-0.15, -0.1) is 0 Å². The lowest BCUT2D eigenvalue weighted by Crippen LogP contribution is -2.24. The number of allylic oxidation sites excluding steroid dienone is 1. The van der Waals surface area contributed by atoms with Crippen LogP contribution in [-0.2, 0) is 23.1 Å². The minimum Gasteiger partial charge on any atom is -0.322 e. The Morgan fingerprint density at radius 2 is 2.07 bits per heavy atom. The summed E-state index contributed by atoms with van der Waals surface area (Å²) in [7, 11) is 0. The SMILES string of the molecule is CCC1=CCc2ccc(C(C)(C#N)Cc3ccc(F)cc3Br)cc2NC1=O. The third-order valence-electron chi connectivity index (χ3n) is 5.04. The molecule has 0 spiro atoms. The van der Waals surface area contributed by atoms with E-state index in [0.717, 1.165) is 28.0 Å². The first-order valence-electron chi connectivity index (χ1n) is 8.85. The van der Waals surface area contributed by atoms with Gasteiger partial charge in [-0.05, 0) is 61.1 Å². The van der Waals surface area contributed by atoms with Crippen LogP contribution in [0.4, 0.5) is 10.1 Å². The summed E-state index contributed by atoms with van der Waals surface area (Å²) in [6.45, 7) is 3.82. The summed E-state index contributed by atoms with van der Waals surface area (Å²) in [4.78, 5) is 12.3. The molecule has 1 heterocycles. The Bertz CT molecular complexity index is 977. The van der Waals surface area contributed by atoms with Gasteiger partial charge >= 0.3 is 0 Å². The van der Waals surface area contributed by atoms with Crippen LogP contribution >= 0.6 is 15.9 Å². The van der Waals surface area contributed by atoms with Crippen molar-refractivity contribution in [3.8, 4) is 6.07 Å². The number of carbonyl (C=O) groups is 1. The van der Waals surface area contributed by atoms with Crippen molar-refractivity contribution in [2.75, 3.05) is 5.32 Å². The zero-order chi connectivity index (χ0) is 19.6. The lowest BCUT2D eigenvalue weighted by Gasteiger charge is -2.24. The van der Waals surface area contributed by atoms with E-state index in [4.69, 9.17) is 0 Å². The number of nitriles is 1. The molecule has 5 heteroatoms. The minimum atomic E-state index is -0.812. The number of hydrogen-bond donors (Lipinski definition) is 1. The molecule has 1 aliphatic heterocycles. The van der Waals surface area contributed by atoms with Gasteiger partial charge in [-0.3, -0.25) is 4.79 Å². The van der Waals surface area contributed by atoms with Gasteiger partial charge in [-0.1, -0.05) is 47.1 Å². The fourth-order valence-corrected chi connectivity index (χ4v) is 3.79.